The average Bonchev–Trinajstić information content (AvgIpc) is 3.16. The van der Waals surface area contributed by atoms with Gasteiger partial charge in [-0.05, 0) is 36.4 Å². The van der Waals surface area contributed by atoms with Crippen molar-refractivity contribution in [3.63, 3.8) is 0 Å². The van der Waals surface area contributed by atoms with E-state index in [1.165, 1.54) is 7.11 Å². The molecule has 0 atom stereocenters. The molecule has 120 valence electrons. The molecule has 0 aliphatic carbocycles. The molecule has 6 nitrogen and oxygen atoms in total. The van der Waals surface area contributed by atoms with E-state index in [4.69, 9.17) is 4.74 Å². The van der Waals surface area contributed by atoms with Crippen molar-refractivity contribution in [1.82, 2.24) is 9.78 Å². The van der Waals surface area contributed by atoms with E-state index >= 15 is 0 Å². The number of benzene rings is 2. The Morgan fingerprint density at radius 3 is 2.67 bits per heavy atom. The van der Waals surface area contributed by atoms with Gasteiger partial charge in [0.25, 0.3) is 5.91 Å². The Hall–Kier alpha value is -3.41. The van der Waals surface area contributed by atoms with Crippen molar-refractivity contribution in [3.8, 4) is 5.69 Å². The lowest BCUT2D eigenvalue weighted by Gasteiger charge is -2.10. The van der Waals surface area contributed by atoms with Crippen molar-refractivity contribution in [2.45, 2.75) is 0 Å². The SMILES string of the molecule is COC(=O)c1ccccc1NC(=O)c1cccc(-n2cccn2)c1. The maximum absolute atomic E-state index is 12.5. The van der Waals surface area contributed by atoms with Crippen LogP contribution in [0.1, 0.15) is 20.7 Å². The van der Waals surface area contributed by atoms with Gasteiger partial charge < -0.3 is 10.1 Å². The van der Waals surface area contributed by atoms with Crippen molar-refractivity contribution < 1.29 is 14.3 Å². The second kappa shape index (κ2) is 6.78. The number of para-hydroxylation sites is 1. The summed E-state index contributed by atoms with van der Waals surface area (Å²) >= 11 is 0. The third-order valence-electron chi connectivity index (χ3n) is 3.46. The lowest BCUT2D eigenvalue weighted by Crippen LogP contribution is -2.15. The maximum Gasteiger partial charge on any atom is 0.339 e. The molecule has 1 aromatic heterocycles. The van der Waals surface area contributed by atoms with Gasteiger partial charge in [0.05, 0.1) is 24.0 Å². The second-order valence-electron chi connectivity index (χ2n) is 4.99. The normalized spacial score (nSPS) is 10.2. The molecule has 3 rings (SSSR count). The molecule has 0 unspecified atom stereocenters. The third-order valence-corrected chi connectivity index (χ3v) is 3.46. The molecule has 0 aliphatic rings. The molecule has 0 fully saturated rings. The van der Waals surface area contributed by atoms with Crippen LogP contribution in [0.5, 0.6) is 0 Å². The number of nitrogens with zero attached hydrogens (tertiary/aromatic N) is 2. The van der Waals surface area contributed by atoms with Crippen molar-refractivity contribution in [2.24, 2.45) is 0 Å². The van der Waals surface area contributed by atoms with Gasteiger partial charge in [-0.2, -0.15) is 5.10 Å². The number of ether oxygens (including phenoxy) is 1. The third kappa shape index (κ3) is 3.17. The second-order valence-corrected chi connectivity index (χ2v) is 4.99. The first kappa shape index (κ1) is 15.5. The van der Waals surface area contributed by atoms with Crippen molar-refractivity contribution in [3.05, 3.63) is 78.1 Å². The standard InChI is InChI=1S/C18H15N3O3/c1-24-18(23)15-8-2-3-9-16(15)20-17(22)13-6-4-7-14(12-13)21-11-5-10-19-21/h2-12H,1H3,(H,20,22). The number of methoxy groups -OCH3 is 1. The highest BCUT2D eigenvalue weighted by Crippen LogP contribution is 2.18. The molecule has 0 saturated heterocycles. The highest BCUT2D eigenvalue weighted by molar-refractivity contribution is 6.08. The predicted molar refractivity (Wildman–Crippen MR) is 89.3 cm³/mol. The van der Waals surface area contributed by atoms with Crippen molar-refractivity contribution >= 4 is 17.6 Å². The fraction of sp³-hybridized carbons (Fsp3) is 0.0556. The van der Waals surface area contributed by atoms with E-state index in [-0.39, 0.29) is 5.91 Å². The lowest BCUT2D eigenvalue weighted by molar-refractivity contribution is 0.0602. The van der Waals surface area contributed by atoms with Crippen LogP contribution in [-0.4, -0.2) is 28.8 Å². The van der Waals surface area contributed by atoms with Gasteiger partial charge in [0.2, 0.25) is 0 Å². The van der Waals surface area contributed by atoms with E-state index < -0.39 is 5.97 Å². The molecule has 0 bridgehead atoms. The van der Waals surface area contributed by atoms with Crippen LogP contribution in [-0.2, 0) is 4.74 Å². The summed E-state index contributed by atoms with van der Waals surface area (Å²) in [6, 6.07) is 15.6. The van der Waals surface area contributed by atoms with Crippen molar-refractivity contribution in [1.29, 1.82) is 0 Å². The predicted octanol–water partition coefficient (Wildman–Crippen LogP) is 2.91. The number of amides is 1. The molecule has 6 heteroatoms. The summed E-state index contributed by atoms with van der Waals surface area (Å²) in [7, 11) is 1.30. The van der Waals surface area contributed by atoms with E-state index in [1.54, 1.807) is 65.6 Å². The highest BCUT2D eigenvalue weighted by atomic mass is 16.5. The minimum atomic E-state index is -0.504. The van der Waals surface area contributed by atoms with Crippen molar-refractivity contribution in [2.75, 3.05) is 12.4 Å². The molecule has 3 aromatic rings. The van der Waals surface area contributed by atoms with Gasteiger partial charge in [0.15, 0.2) is 0 Å². The summed E-state index contributed by atoms with van der Waals surface area (Å²) < 4.78 is 6.40. The fourth-order valence-electron chi connectivity index (χ4n) is 2.29. The summed E-state index contributed by atoms with van der Waals surface area (Å²) in [6.45, 7) is 0. The number of rotatable bonds is 4. The number of aromatic nitrogens is 2. The Balaban J connectivity index is 1.86. The number of anilines is 1. The lowest BCUT2D eigenvalue weighted by atomic mass is 10.1. The number of hydrogen-bond donors (Lipinski definition) is 1. The van der Waals surface area contributed by atoms with Gasteiger partial charge in [0.1, 0.15) is 0 Å². The minimum absolute atomic E-state index is 0.302. The van der Waals surface area contributed by atoms with Gasteiger partial charge in [-0.1, -0.05) is 18.2 Å². The smallest absolute Gasteiger partial charge is 0.339 e. The molecule has 0 saturated carbocycles. The number of carbonyl (C=O) groups is 2. The van der Waals surface area contributed by atoms with Crippen LogP contribution in [0.25, 0.3) is 5.69 Å². The maximum atomic E-state index is 12.5. The molecule has 0 radical (unpaired) electrons. The highest BCUT2D eigenvalue weighted by Gasteiger charge is 2.14. The van der Waals surface area contributed by atoms with E-state index in [2.05, 4.69) is 10.4 Å². The van der Waals surface area contributed by atoms with Crippen LogP contribution in [0.15, 0.2) is 67.0 Å². The zero-order chi connectivity index (χ0) is 16.9. The molecule has 2 aromatic carbocycles. The zero-order valence-electron chi connectivity index (χ0n) is 13.0. The monoisotopic (exact) mass is 321 g/mol. The van der Waals surface area contributed by atoms with Crippen LogP contribution < -0.4 is 5.32 Å². The van der Waals surface area contributed by atoms with Crippen LogP contribution in [0.2, 0.25) is 0 Å². The molecule has 0 spiro atoms. The molecule has 1 amide bonds. The van der Waals surface area contributed by atoms with Crippen LogP contribution in [0, 0.1) is 0 Å². The van der Waals surface area contributed by atoms with Crippen LogP contribution in [0.4, 0.5) is 5.69 Å². The zero-order valence-corrected chi connectivity index (χ0v) is 13.0. The van der Waals surface area contributed by atoms with E-state index in [0.29, 0.717) is 16.8 Å². The Labute approximate surface area is 138 Å². The first-order valence-electron chi connectivity index (χ1n) is 7.28. The topological polar surface area (TPSA) is 73.2 Å². The van der Waals surface area contributed by atoms with Crippen LogP contribution >= 0.6 is 0 Å². The molecule has 0 aliphatic heterocycles. The van der Waals surface area contributed by atoms with E-state index in [1.807, 2.05) is 6.07 Å². The Bertz CT molecular complexity index is 873. The van der Waals surface area contributed by atoms with Gasteiger partial charge in [-0.15, -0.1) is 0 Å². The number of carbonyl (C=O) groups excluding carboxylic acids is 2. The first-order valence-corrected chi connectivity index (χ1v) is 7.28. The number of nitrogens with one attached hydrogen (secondary N) is 1. The summed E-state index contributed by atoms with van der Waals surface area (Å²) in [5, 5.41) is 6.89. The van der Waals surface area contributed by atoms with Gasteiger partial charge >= 0.3 is 5.97 Å². The summed E-state index contributed by atoms with van der Waals surface area (Å²) in [6.07, 6.45) is 3.46. The van der Waals surface area contributed by atoms with Gasteiger partial charge in [0, 0.05) is 18.0 Å². The number of hydrogen-bond acceptors (Lipinski definition) is 4. The minimum Gasteiger partial charge on any atom is -0.465 e. The summed E-state index contributed by atoms with van der Waals surface area (Å²) in [5.41, 5.74) is 1.94. The fourth-order valence-corrected chi connectivity index (χ4v) is 2.29. The average molecular weight is 321 g/mol. The van der Waals surface area contributed by atoms with Gasteiger partial charge in [-0.3, -0.25) is 4.79 Å². The molecule has 1 N–H and O–H groups in total. The summed E-state index contributed by atoms with van der Waals surface area (Å²) in [4.78, 5) is 24.3. The number of esters is 1. The quantitative estimate of drug-likeness (QED) is 0.750. The van der Waals surface area contributed by atoms with E-state index in [0.717, 1.165) is 5.69 Å². The van der Waals surface area contributed by atoms with Gasteiger partial charge in [-0.25, -0.2) is 9.48 Å². The molecule has 1 heterocycles. The summed E-state index contributed by atoms with van der Waals surface area (Å²) in [5.74, 6) is -0.823. The Kier molecular flexibility index (Phi) is 4.38. The van der Waals surface area contributed by atoms with Crippen LogP contribution in [0.3, 0.4) is 0 Å². The Morgan fingerprint density at radius 2 is 1.92 bits per heavy atom. The molecular formula is C18H15N3O3. The molecule has 24 heavy (non-hydrogen) atoms. The largest absolute Gasteiger partial charge is 0.465 e. The Morgan fingerprint density at radius 1 is 1.08 bits per heavy atom. The van der Waals surface area contributed by atoms with E-state index in [9.17, 15) is 9.59 Å². The first-order chi connectivity index (χ1) is 11.7. The molecular weight excluding hydrogens is 306 g/mol.